The van der Waals surface area contributed by atoms with E-state index in [-0.39, 0.29) is 10.5 Å². The van der Waals surface area contributed by atoms with E-state index in [4.69, 9.17) is 0 Å². The van der Waals surface area contributed by atoms with E-state index in [1.165, 1.54) is 6.42 Å². The number of sulfone groups is 1. The van der Waals surface area contributed by atoms with E-state index in [1.807, 2.05) is 0 Å². The fraction of sp³-hybridized carbons (Fsp3) is 1.00. The fourth-order valence-electron chi connectivity index (χ4n) is 3.87. The summed E-state index contributed by atoms with van der Waals surface area (Å²) < 4.78 is 25.6. The standard InChI is InChI=1S/C15H29NO2S/c1-3-16-13-7-5-9-15(11-13)19(17,18)14-8-4-6-12(2)10-14/h12-16H,3-11H2,1-2H3. The quantitative estimate of drug-likeness (QED) is 0.865. The molecule has 19 heavy (non-hydrogen) atoms. The van der Waals surface area contributed by atoms with E-state index in [9.17, 15) is 8.42 Å². The van der Waals surface area contributed by atoms with Gasteiger partial charge in [-0.1, -0.05) is 33.1 Å². The third-order valence-electron chi connectivity index (χ3n) is 4.94. The number of hydrogen-bond acceptors (Lipinski definition) is 3. The maximum absolute atomic E-state index is 12.8. The maximum atomic E-state index is 12.8. The molecule has 2 rings (SSSR count). The van der Waals surface area contributed by atoms with E-state index in [0.29, 0.717) is 12.0 Å². The lowest BCUT2D eigenvalue weighted by Crippen LogP contribution is -2.43. The van der Waals surface area contributed by atoms with Crippen LogP contribution < -0.4 is 5.32 Å². The first-order valence-corrected chi connectivity index (χ1v) is 9.61. The topological polar surface area (TPSA) is 46.2 Å². The molecule has 0 aromatic rings. The van der Waals surface area contributed by atoms with Crippen molar-refractivity contribution in [3.05, 3.63) is 0 Å². The van der Waals surface area contributed by atoms with Gasteiger partial charge in [0.1, 0.15) is 0 Å². The molecule has 2 fully saturated rings. The lowest BCUT2D eigenvalue weighted by molar-refractivity contribution is 0.357. The molecule has 0 bridgehead atoms. The molecule has 112 valence electrons. The summed E-state index contributed by atoms with van der Waals surface area (Å²) in [5, 5.41) is 3.30. The van der Waals surface area contributed by atoms with Crippen molar-refractivity contribution in [3.8, 4) is 0 Å². The minimum absolute atomic E-state index is 0.0540. The van der Waals surface area contributed by atoms with Gasteiger partial charge in [-0.05, 0) is 44.6 Å². The van der Waals surface area contributed by atoms with Gasteiger partial charge in [0.15, 0.2) is 9.84 Å². The van der Waals surface area contributed by atoms with Crippen molar-refractivity contribution in [1.29, 1.82) is 0 Å². The molecule has 0 amide bonds. The second-order valence-corrected chi connectivity index (χ2v) is 9.04. The molecule has 1 N–H and O–H groups in total. The first kappa shape index (κ1) is 15.3. The van der Waals surface area contributed by atoms with Gasteiger partial charge in [0.25, 0.3) is 0 Å². The van der Waals surface area contributed by atoms with Crippen LogP contribution in [0.15, 0.2) is 0 Å². The Balaban J connectivity index is 2.02. The average molecular weight is 287 g/mol. The molecule has 0 radical (unpaired) electrons. The van der Waals surface area contributed by atoms with E-state index >= 15 is 0 Å². The van der Waals surface area contributed by atoms with Crippen LogP contribution in [0, 0.1) is 5.92 Å². The van der Waals surface area contributed by atoms with Crippen LogP contribution in [0.5, 0.6) is 0 Å². The van der Waals surface area contributed by atoms with Gasteiger partial charge in [-0.2, -0.15) is 0 Å². The highest BCUT2D eigenvalue weighted by molar-refractivity contribution is 7.92. The zero-order valence-corrected chi connectivity index (χ0v) is 13.2. The largest absolute Gasteiger partial charge is 0.314 e. The van der Waals surface area contributed by atoms with Crippen molar-refractivity contribution in [2.45, 2.75) is 81.8 Å². The van der Waals surface area contributed by atoms with Crippen molar-refractivity contribution < 1.29 is 8.42 Å². The van der Waals surface area contributed by atoms with Gasteiger partial charge in [0.2, 0.25) is 0 Å². The third kappa shape index (κ3) is 3.72. The van der Waals surface area contributed by atoms with Crippen molar-refractivity contribution in [1.82, 2.24) is 5.32 Å². The maximum Gasteiger partial charge on any atom is 0.156 e. The van der Waals surface area contributed by atoms with Gasteiger partial charge in [-0.25, -0.2) is 8.42 Å². The fourth-order valence-corrected chi connectivity index (χ4v) is 6.50. The first-order chi connectivity index (χ1) is 9.04. The molecule has 2 aliphatic carbocycles. The normalized spacial score (nSPS) is 37.2. The summed E-state index contributed by atoms with van der Waals surface area (Å²) in [7, 11) is -2.91. The Morgan fingerprint density at radius 1 is 1.00 bits per heavy atom. The summed E-state index contributed by atoms with van der Waals surface area (Å²) in [5.74, 6) is 0.585. The second-order valence-electron chi connectivity index (χ2n) is 6.53. The van der Waals surface area contributed by atoms with E-state index in [2.05, 4.69) is 19.2 Å². The van der Waals surface area contributed by atoms with Gasteiger partial charge in [0.05, 0.1) is 10.5 Å². The summed E-state index contributed by atoms with van der Waals surface area (Å²) in [4.78, 5) is 0. The number of nitrogens with one attached hydrogen (secondary N) is 1. The molecule has 0 aromatic carbocycles. The highest BCUT2D eigenvalue weighted by Gasteiger charge is 2.38. The first-order valence-electron chi connectivity index (χ1n) is 8.00. The lowest BCUT2D eigenvalue weighted by atomic mass is 9.90. The van der Waals surface area contributed by atoms with Gasteiger partial charge in [-0.15, -0.1) is 0 Å². The Labute approximate surface area is 118 Å². The van der Waals surface area contributed by atoms with Gasteiger partial charge in [-0.3, -0.25) is 0 Å². The Morgan fingerprint density at radius 2 is 1.63 bits per heavy atom. The predicted molar refractivity (Wildman–Crippen MR) is 80.1 cm³/mol. The minimum Gasteiger partial charge on any atom is -0.314 e. The summed E-state index contributed by atoms with van der Waals surface area (Å²) in [5.41, 5.74) is 0. The van der Waals surface area contributed by atoms with Gasteiger partial charge >= 0.3 is 0 Å². The molecule has 2 aliphatic rings. The Morgan fingerprint density at radius 3 is 2.26 bits per heavy atom. The van der Waals surface area contributed by atoms with Crippen LogP contribution >= 0.6 is 0 Å². The highest BCUT2D eigenvalue weighted by atomic mass is 32.2. The van der Waals surface area contributed by atoms with Crippen LogP contribution in [-0.4, -0.2) is 31.5 Å². The molecule has 4 atom stereocenters. The molecular weight excluding hydrogens is 258 g/mol. The molecule has 2 saturated carbocycles. The average Bonchev–Trinajstić information content (AvgIpc) is 2.39. The van der Waals surface area contributed by atoms with Crippen LogP contribution in [0.4, 0.5) is 0 Å². The Kier molecular flexibility index (Phi) is 5.29. The molecular formula is C15H29NO2S. The van der Waals surface area contributed by atoms with Crippen molar-refractivity contribution in [2.75, 3.05) is 6.54 Å². The molecule has 4 unspecified atom stereocenters. The highest BCUT2D eigenvalue weighted by Crippen LogP contribution is 2.34. The number of hydrogen-bond donors (Lipinski definition) is 1. The van der Waals surface area contributed by atoms with Crippen LogP contribution in [0.3, 0.4) is 0 Å². The smallest absolute Gasteiger partial charge is 0.156 e. The van der Waals surface area contributed by atoms with Gasteiger partial charge < -0.3 is 5.32 Å². The van der Waals surface area contributed by atoms with E-state index < -0.39 is 9.84 Å². The second kappa shape index (κ2) is 6.57. The zero-order chi connectivity index (χ0) is 13.9. The van der Waals surface area contributed by atoms with Crippen LogP contribution in [0.2, 0.25) is 0 Å². The summed E-state index contributed by atoms with van der Waals surface area (Å²) in [6, 6.07) is 0.416. The predicted octanol–water partition coefficient (Wildman–Crippen LogP) is 2.90. The Hall–Kier alpha value is -0.0900. The molecule has 0 spiro atoms. The minimum atomic E-state index is -2.91. The molecule has 0 saturated heterocycles. The van der Waals surface area contributed by atoms with Gasteiger partial charge in [0, 0.05) is 6.04 Å². The number of rotatable bonds is 4. The molecule has 0 aromatic heterocycles. The summed E-state index contributed by atoms with van der Waals surface area (Å²) >= 11 is 0. The lowest BCUT2D eigenvalue weighted by Gasteiger charge is -2.34. The van der Waals surface area contributed by atoms with Crippen LogP contribution in [0.25, 0.3) is 0 Å². The van der Waals surface area contributed by atoms with Crippen molar-refractivity contribution >= 4 is 9.84 Å². The third-order valence-corrected chi connectivity index (χ3v) is 7.65. The summed E-state index contributed by atoms with van der Waals surface area (Å²) in [6.45, 7) is 5.24. The van der Waals surface area contributed by atoms with E-state index in [0.717, 1.165) is 51.5 Å². The molecule has 3 nitrogen and oxygen atoms in total. The van der Waals surface area contributed by atoms with Crippen LogP contribution in [-0.2, 0) is 9.84 Å². The zero-order valence-electron chi connectivity index (χ0n) is 12.4. The molecule has 4 heteroatoms. The van der Waals surface area contributed by atoms with Crippen LogP contribution in [0.1, 0.15) is 65.2 Å². The van der Waals surface area contributed by atoms with E-state index in [1.54, 1.807) is 0 Å². The Bertz CT molecular complexity index is 378. The monoisotopic (exact) mass is 287 g/mol. The van der Waals surface area contributed by atoms with Crippen molar-refractivity contribution in [3.63, 3.8) is 0 Å². The molecule has 0 aliphatic heterocycles. The van der Waals surface area contributed by atoms with Crippen molar-refractivity contribution in [2.24, 2.45) is 5.92 Å². The summed E-state index contributed by atoms with van der Waals surface area (Å²) in [6.07, 6.45) is 8.01. The molecule has 0 heterocycles. The SMILES string of the molecule is CCNC1CCCC(S(=O)(=O)C2CCCC(C)C2)C1.